The van der Waals surface area contributed by atoms with Crippen LogP contribution in [0.4, 0.5) is 11.5 Å². The van der Waals surface area contributed by atoms with Gasteiger partial charge in [0.15, 0.2) is 0 Å². The highest BCUT2D eigenvalue weighted by atomic mass is 16.6. The molecular weight excluding hydrogens is 252 g/mol. The minimum Gasteiger partial charge on any atom is -0.395 e. The van der Waals surface area contributed by atoms with Gasteiger partial charge in [0.25, 0.3) is 0 Å². The predicted molar refractivity (Wildman–Crippen MR) is 66.8 cm³/mol. The number of nitro groups is 1. The first-order chi connectivity index (χ1) is 9.15. The highest BCUT2D eigenvalue weighted by Gasteiger charge is 2.25. The van der Waals surface area contributed by atoms with Crippen LogP contribution in [-0.4, -0.2) is 48.4 Å². The molecule has 0 radical (unpaired) electrons. The van der Waals surface area contributed by atoms with E-state index < -0.39 is 4.92 Å². The highest BCUT2D eigenvalue weighted by Crippen LogP contribution is 2.28. The number of methoxy groups -OCH3 is 1. The molecule has 0 aliphatic carbocycles. The number of hydrogen-bond donors (Lipinski definition) is 1. The molecule has 102 valence electrons. The van der Waals surface area contributed by atoms with Crippen LogP contribution in [0.5, 0.6) is 0 Å². The number of anilines is 1. The Morgan fingerprint density at radius 2 is 2.37 bits per heavy atom. The molecule has 0 unspecified atom stereocenters. The third-order valence-corrected chi connectivity index (χ3v) is 2.44. The standard InChI is InChI=1S/C11H14N4O4/c1-19-7-5-14(4-6-16)11-10(15(17)18)9(8-12)2-3-13-11/h2-3,16H,4-7H2,1H3. The van der Waals surface area contributed by atoms with Crippen molar-refractivity contribution in [3.05, 3.63) is 27.9 Å². The maximum absolute atomic E-state index is 11.1. The number of aliphatic hydroxyl groups excluding tert-OH is 1. The van der Waals surface area contributed by atoms with Crippen molar-refractivity contribution in [1.29, 1.82) is 5.26 Å². The molecule has 1 N–H and O–H groups in total. The Morgan fingerprint density at radius 1 is 1.63 bits per heavy atom. The number of ether oxygens (including phenoxy) is 1. The monoisotopic (exact) mass is 266 g/mol. The van der Waals surface area contributed by atoms with Gasteiger partial charge < -0.3 is 14.7 Å². The topological polar surface area (TPSA) is 113 Å². The second-order valence-corrected chi connectivity index (χ2v) is 3.60. The molecule has 0 bridgehead atoms. The van der Waals surface area contributed by atoms with E-state index in [2.05, 4.69) is 4.98 Å². The van der Waals surface area contributed by atoms with E-state index in [1.54, 1.807) is 6.07 Å². The van der Waals surface area contributed by atoms with Crippen molar-refractivity contribution in [3.63, 3.8) is 0 Å². The van der Waals surface area contributed by atoms with Crippen molar-refractivity contribution < 1.29 is 14.8 Å². The van der Waals surface area contributed by atoms with Crippen molar-refractivity contribution in [2.24, 2.45) is 0 Å². The summed E-state index contributed by atoms with van der Waals surface area (Å²) in [7, 11) is 1.50. The van der Waals surface area contributed by atoms with Gasteiger partial charge >= 0.3 is 5.69 Å². The summed E-state index contributed by atoms with van der Waals surface area (Å²) in [4.78, 5) is 15.9. The minimum atomic E-state index is -0.641. The Bertz CT molecular complexity index is 486. The smallest absolute Gasteiger partial charge is 0.329 e. The molecule has 1 heterocycles. The number of pyridine rings is 1. The zero-order chi connectivity index (χ0) is 14.3. The van der Waals surface area contributed by atoms with Gasteiger partial charge in [-0.3, -0.25) is 10.1 Å². The lowest BCUT2D eigenvalue weighted by Gasteiger charge is -2.22. The van der Waals surface area contributed by atoms with Gasteiger partial charge in [-0.1, -0.05) is 0 Å². The maximum atomic E-state index is 11.1. The first-order valence-electron chi connectivity index (χ1n) is 5.54. The summed E-state index contributed by atoms with van der Waals surface area (Å²) < 4.78 is 4.91. The van der Waals surface area contributed by atoms with Crippen LogP contribution in [0.2, 0.25) is 0 Å². The average molecular weight is 266 g/mol. The molecule has 0 aliphatic rings. The number of hydrogen-bond acceptors (Lipinski definition) is 7. The highest BCUT2D eigenvalue weighted by molar-refractivity contribution is 5.65. The lowest BCUT2D eigenvalue weighted by molar-refractivity contribution is -0.384. The third kappa shape index (κ3) is 3.61. The van der Waals surface area contributed by atoms with Gasteiger partial charge in [0, 0.05) is 26.4 Å². The number of rotatable bonds is 7. The van der Waals surface area contributed by atoms with Gasteiger partial charge in [0.2, 0.25) is 5.82 Å². The first-order valence-corrected chi connectivity index (χ1v) is 5.54. The Balaban J connectivity index is 3.21. The second kappa shape index (κ2) is 7.25. The van der Waals surface area contributed by atoms with Crippen molar-refractivity contribution >= 4 is 11.5 Å². The molecule has 0 aromatic carbocycles. The molecule has 8 heteroatoms. The Labute approximate surface area is 110 Å². The van der Waals surface area contributed by atoms with Crippen LogP contribution in [0.15, 0.2) is 12.3 Å². The molecule has 0 fully saturated rings. The molecule has 0 saturated heterocycles. The number of nitriles is 1. The van der Waals surface area contributed by atoms with Gasteiger partial charge in [-0.25, -0.2) is 4.98 Å². The Morgan fingerprint density at radius 3 is 2.89 bits per heavy atom. The molecule has 0 aliphatic heterocycles. The zero-order valence-electron chi connectivity index (χ0n) is 10.4. The van der Waals surface area contributed by atoms with E-state index in [1.807, 2.05) is 0 Å². The molecule has 0 amide bonds. The van der Waals surface area contributed by atoms with E-state index in [0.717, 1.165) is 0 Å². The molecule has 1 aromatic heterocycles. The van der Waals surface area contributed by atoms with Crippen molar-refractivity contribution in [2.75, 3.05) is 38.3 Å². The van der Waals surface area contributed by atoms with E-state index in [0.29, 0.717) is 13.2 Å². The fourth-order valence-corrected chi connectivity index (χ4v) is 1.59. The van der Waals surface area contributed by atoms with Crippen LogP contribution >= 0.6 is 0 Å². The molecule has 1 aromatic rings. The fraction of sp³-hybridized carbons (Fsp3) is 0.455. The van der Waals surface area contributed by atoms with Gasteiger partial charge in [0.1, 0.15) is 11.6 Å². The van der Waals surface area contributed by atoms with Gasteiger partial charge in [-0.05, 0) is 6.07 Å². The lowest BCUT2D eigenvalue weighted by atomic mass is 10.2. The average Bonchev–Trinajstić information content (AvgIpc) is 2.42. The summed E-state index contributed by atoms with van der Waals surface area (Å²) >= 11 is 0. The molecular formula is C11H14N4O4. The largest absolute Gasteiger partial charge is 0.395 e. The number of nitrogens with zero attached hydrogens (tertiary/aromatic N) is 4. The Kier molecular flexibility index (Phi) is 5.66. The maximum Gasteiger partial charge on any atom is 0.329 e. The second-order valence-electron chi connectivity index (χ2n) is 3.60. The van der Waals surface area contributed by atoms with Crippen LogP contribution in [0.1, 0.15) is 5.56 Å². The summed E-state index contributed by atoms with van der Waals surface area (Å²) in [6.45, 7) is 0.654. The van der Waals surface area contributed by atoms with Gasteiger partial charge in [-0.15, -0.1) is 0 Å². The molecule has 0 atom stereocenters. The summed E-state index contributed by atoms with van der Waals surface area (Å²) in [6.07, 6.45) is 1.33. The van der Waals surface area contributed by atoms with Gasteiger partial charge in [0.05, 0.1) is 18.1 Å². The van der Waals surface area contributed by atoms with Crippen molar-refractivity contribution in [2.45, 2.75) is 0 Å². The van der Waals surface area contributed by atoms with Crippen LogP contribution < -0.4 is 4.90 Å². The van der Waals surface area contributed by atoms with Crippen molar-refractivity contribution in [3.8, 4) is 6.07 Å². The van der Waals surface area contributed by atoms with Gasteiger partial charge in [-0.2, -0.15) is 5.26 Å². The van der Waals surface area contributed by atoms with E-state index >= 15 is 0 Å². The summed E-state index contributed by atoms with van der Waals surface area (Å²) in [5.41, 5.74) is -0.412. The molecule has 1 rings (SSSR count). The summed E-state index contributed by atoms with van der Waals surface area (Å²) in [5.74, 6) is 0.0650. The van der Waals surface area contributed by atoms with Crippen LogP contribution in [-0.2, 0) is 4.74 Å². The van der Waals surface area contributed by atoms with Crippen LogP contribution in [0.3, 0.4) is 0 Å². The molecule has 8 nitrogen and oxygen atoms in total. The third-order valence-electron chi connectivity index (χ3n) is 2.44. The summed E-state index contributed by atoms with van der Waals surface area (Å²) in [5, 5.41) is 29.0. The minimum absolute atomic E-state index is 0.0599. The lowest BCUT2D eigenvalue weighted by Crippen LogP contribution is -2.31. The Hall–Kier alpha value is -2.24. The van der Waals surface area contributed by atoms with Crippen LogP contribution in [0, 0.1) is 21.4 Å². The van der Waals surface area contributed by atoms with Crippen LogP contribution in [0.25, 0.3) is 0 Å². The normalized spacial score (nSPS) is 9.95. The fourth-order valence-electron chi connectivity index (χ4n) is 1.59. The molecule has 0 saturated carbocycles. The summed E-state index contributed by atoms with van der Waals surface area (Å²) in [6, 6.07) is 3.06. The number of aromatic nitrogens is 1. The quantitative estimate of drug-likeness (QED) is 0.558. The van der Waals surface area contributed by atoms with E-state index in [9.17, 15) is 10.1 Å². The van der Waals surface area contributed by atoms with Crippen molar-refractivity contribution in [1.82, 2.24) is 4.98 Å². The first kappa shape index (κ1) is 14.8. The molecule has 19 heavy (non-hydrogen) atoms. The van der Waals surface area contributed by atoms with E-state index in [-0.39, 0.29) is 30.2 Å². The van der Waals surface area contributed by atoms with E-state index in [1.165, 1.54) is 24.3 Å². The number of aliphatic hydroxyl groups is 1. The molecule has 0 spiro atoms. The zero-order valence-corrected chi connectivity index (χ0v) is 10.4. The predicted octanol–water partition coefficient (Wildman–Crippen LogP) is 0.307. The van der Waals surface area contributed by atoms with E-state index in [4.69, 9.17) is 15.1 Å². The SMILES string of the molecule is COCCN(CCO)c1nccc(C#N)c1[N+](=O)[O-].